The van der Waals surface area contributed by atoms with Crippen LogP contribution in [0.4, 0.5) is 0 Å². The summed E-state index contributed by atoms with van der Waals surface area (Å²) in [5, 5.41) is 3.35. The second kappa shape index (κ2) is 8.50. The first-order chi connectivity index (χ1) is 14.9. The van der Waals surface area contributed by atoms with Crippen molar-refractivity contribution < 1.29 is 14.3 Å². The van der Waals surface area contributed by atoms with E-state index in [1.54, 1.807) is 12.4 Å². The monoisotopic (exact) mass is 416 g/mol. The van der Waals surface area contributed by atoms with Crippen LogP contribution >= 0.6 is 0 Å². The molecule has 5 heteroatoms. The lowest BCUT2D eigenvalue weighted by atomic mass is 9.66. The number of fused-ring (bicyclic) bond motifs is 1. The van der Waals surface area contributed by atoms with Crippen molar-refractivity contribution >= 4 is 11.8 Å². The lowest BCUT2D eigenvalue weighted by molar-refractivity contribution is -0.139. The molecule has 0 saturated heterocycles. The van der Waals surface area contributed by atoms with E-state index in [2.05, 4.69) is 30.2 Å². The van der Waals surface area contributed by atoms with Gasteiger partial charge in [0.2, 0.25) is 0 Å². The number of Topliss-reactive ketones (excluding diaryl/α,β-unsaturated/α-hetero) is 1. The molecule has 2 aromatic rings. The van der Waals surface area contributed by atoms with Crippen molar-refractivity contribution in [3.63, 3.8) is 0 Å². The highest BCUT2D eigenvalue weighted by atomic mass is 16.5. The number of nitrogens with one attached hydrogen (secondary N) is 1. The Bertz CT molecular complexity index is 1040. The molecule has 2 unspecified atom stereocenters. The Balaban J connectivity index is 1.66. The van der Waals surface area contributed by atoms with Crippen LogP contribution in [0.25, 0.3) is 0 Å². The van der Waals surface area contributed by atoms with Crippen molar-refractivity contribution in [3.05, 3.63) is 89.0 Å². The van der Waals surface area contributed by atoms with E-state index in [0.29, 0.717) is 18.4 Å². The maximum absolute atomic E-state index is 13.2. The smallest absolute Gasteiger partial charge is 0.336 e. The fraction of sp³-hybridized carbons (Fsp3) is 0.346. The number of nitrogens with zero attached hydrogens (tertiary/aromatic N) is 1. The summed E-state index contributed by atoms with van der Waals surface area (Å²) in [6.07, 6.45) is 6.62. The molecule has 0 amide bonds. The fourth-order valence-electron chi connectivity index (χ4n) is 4.65. The third-order valence-corrected chi connectivity index (χ3v) is 5.99. The topological polar surface area (TPSA) is 68.3 Å². The molecule has 5 nitrogen and oxygen atoms in total. The van der Waals surface area contributed by atoms with Crippen molar-refractivity contribution in [1.82, 2.24) is 10.3 Å². The Morgan fingerprint density at radius 3 is 2.55 bits per heavy atom. The largest absolute Gasteiger partial charge is 0.462 e. The average Bonchev–Trinajstić information content (AvgIpc) is 2.73. The number of esters is 1. The Morgan fingerprint density at radius 2 is 1.84 bits per heavy atom. The Labute approximate surface area is 183 Å². The molecular weight excluding hydrogens is 388 g/mol. The highest BCUT2D eigenvalue weighted by molar-refractivity contribution is 5.96. The first-order valence-corrected chi connectivity index (χ1v) is 10.7. The van der Waals surface area contributed by atoms with Crippen molar-refractivity contribution in [2.24, 2.45) is 11.3 Å². The van der Waals surface area contributed by atoms with Crippen molar-refractivity contribution in [1.29, 1.82) is 0 Å². The molecule has 0 fully saturated rings. The number of rotatable bonds is 5. The number of carbonyl (C=O) groups excluding carboxylic acids is 2. The van der Waals surface area contributed by atoms with Crippen LogP contribution in [0.5, 0.6) is 0 Å². The van der Waals surface area contributed by atoms with Gasteiger partial charge < -0.3 is 10.1 Å². The van der Waals surface area contributed by atoms with Crippen LogP contribution in [0.2, 0.25) is 0 Å². The van der Waals surface area contributed by atoms with E-state index < -0.39 is 5.92 Å². The van der Waals surface area contributed by atoms with Crippen LogP contribution in [0.3, 0.4) is 0 Å². The number of hydrogen-bond donors (Lipinski definition) is 1. The Hall–Kier alpha value is -3.21. The summed E-state index contributed by atoms with van der Waals surface area (Å²) < 4.78 is 5.68. The summed E-state index contributed by atoms with van der Waals surface area (Å²) in [5.74, 6) is -1.04. The van der Waals surface area contributed by atoms with E-state index in [4.69, 9.17) is 4.74 Å². The van der Waals surface area contributed by atoms with E-state index in [1.807, 2.05) is 49.4 Å². The van der Waals surface area contributed by atoms with Gasteiger partial charge in [-0.2, -0.15) is 0 Å². The van der Waals surface area contributed by atoms with Gasteiger partial charge in [-0.15, -0.1) is 0 Å². The molecule has 4 rings (SSSR count). The zero-order valence-electron chi connectivity index (χ0n) is 18.2. The third-order valence-electron chi connectivity index (χ3n) is 5.99. The number of ketones is 1. The van der Waals surface area contributed by atoms with Gasteiger partial charge in [0, 0.05) is 42.5 Å². The van der Waals surface area contributed by atoms with Crippen LogP contribution < -0.4 is 5.32 Å². The molecule has 0 spiro atoms. The predicted octanol–water partition coefficient (Wildman–Crippen LogP) is 4.33. The number of benzene rings is 1. The molecule has 2 aliphatic rings. The van der Waals surface area contributed by atoms with Gasteiger partial charge in [0.25, 0.3) is 0 Å². The number of aromatic nitrogens is 1. The second-order valence-electron chi connectivity index (χ2n) is 9.00. The lowest BCUT2D eigenvalue weighted by Crippen LogP contribution is -2.43. The first kappa shape index (κ1) is 21.0. The number of allylic oxidation sites excluding steroid dienone is 3. The predicted molar refractivity (Wildman–Crippen MR) is 119 cm³/mol. The van der Waals surface area contributed by atoms with Crippen LogP contribution in [0, 0.1) is 11.3 Å². The quantitative estimate of drug-likeness (QED) is 0.735. The maximum atomic E-state index is 13.2. The number of pyridine rings is 1. The standard InChI is InChI=1S/C26H28N2O3/c1-17-22(25(30)31-14-11-18-7-5-4-6-8-18)23(19-9-12-27-13-10-19)24-20(28-17)15-26(2,3)16-21(24)29/h4-10,12-13,15,23-24,28H,11,14,16H2,1-3H3. The van der Waals surface area contributed by atoms with Gasteiger partial charge in [0.05, 0.1) is 18.1 Å². The lowest BCUT2D eigenvalue weighted by Gasteiger charge is -2.41. The zero-order chi connectivity index (χ0) is 22.0. The highest BCUT2D eigenvalue weighted by Crippen LogP contribution is 2.46. The molecule has 31 heavy (non-hydrogen) atoms. The Kier molecular flexibility index (Phi) is 5.77. The van der Waals surface area contributed by atoms with Gasteiger partial charge in [0.1, 0.15) is 5.78 Å². The van der Waals surface area contributed by atoms with E-state index in [9.17, 15) is 9.59 Å². The molecule has 160 valence electrons. The van der Waals surface area contributed by atoms with E-state index >= 15 is 0 Å². The van der Waals surface area contributed by atoms with Gasteiger partial charge in [-0.05, 0) is 35.6 Å². The van der Waals surface area contributed by atoms with Gasteiger partial charge in [0.15, 0.2) is 0 Å². The van der Waals surface area contributed by atoms with E-state index in [-0.39, 0.29) is 29.7 Å². The number of ether oxygens (including phenoxy) is 1. The Morgan fingerprint density at radius 1 is 1.13 bits per heavy atom. The van der Waals surface area contributed by atoms with Crippen LogP contribution in [-0.2, 0) is 20.7 Å². The molecule has 1 N–H and O–H groups in total. The van der Waals surface area contributed by atoms with Crippen LogP contribution in [-0.4, -0.2) is 23.3 Å². The summed E-state index contributed by atoms with van der Waals surface area (Å²) in [4.78, 5) is 30.6. The first-order valence-electron chi connectivity index (χ1n) is 10.7. The van der Waals surface area contributed by atoms with Crippen LogP contribution in [0.15, 0.2) is 77.9 Å². The maximum Gasteiger partial charge on any atom is 0.336 e. The average molecular weight is 417 g/mol. The number of hydrogen-bond acceptors (Lipinski definition) is 5. The SMILES string of the molecule is CC1=C(C(=O)OCCc2ccccc2)C(c2ccncc2)C2C(=O)CC(C)(C)C=C2N1. The zero-order valence-corrected chi connectivity index (χ0v) is 18.2. The minimum absolute atomic E-state index is 0.138. The van der Waals surface area contributed by atoms with Gasteiger partial charge in [-0.1, -0.05) is 50.3 Å². The van der Waals surface area contributed by atoms with Gasteiger partial charge in [-0.3, -0.25) is 9.78 Å². The van der Waals surface area contributed by atoms with Gasteiger partial charge >= 0.3 is 5.97 Å². The summed E-state index contributed by atoms with van der Waals surface area (Å²) in [7, 11) is 0. The van der Waals surface area contributed by atoms with Crippen molar-refractivity contribution in [2.75, 3.05) is 6.61 Å². The molecule has 1 aliphatic heterocycles. The molecular formula is C26H28N2O3. The summed E-state index contributed by atoms with van der Waals surface area (Å²) >= 11 is 0. The fourth-order valence-corrected chi connectivity index (χ4v) is 4.65. The van der Waals surface area contributed by atoms with Crippen molar-refractivity contribution in [3.8, 4) is 0 Å². The minimum Gasteiger partial charge on any atom is -0.462 e. The highest BCUT2D eigenvalue weighted by Gasteiger charge is 2.46. The molecule has 2 atom stereocenters. The van der Waals surface area contributed by atoms with Gasteiger partial charge in [-0.25, -0.2) is 4.79 Å². The normalized spacial score (nSPS) is 22.3. The van der Waals surface area contributed by atoms with Crippen molar-refractivity contribution in [2.45, 2.75) is 39.5 Å². The van der Waals surface area contributed by atoms with E-state index in [1.165, 1.54) is 0 Å². The third kappa shape index (κ3) is 4.46. The molecule has 2 heterocycles. The molecule has 0 radical (unpaired) electrons. The number of carbonyl (C=O) groups is 2. The summed E-state index contributed by atoms with van der Waals surface area (Å²) in [5.41, 5.74) is 3.93. The molecule has 0 saturated carbocycles. The summed E-state index contributed by atoms with van der Waals surface area (Å²) in [6.45, 7) is 6.29. The van der Waals surface area contributed by atoms with Crippen LogP contribution in [0.1, 0.15) is 44.2 Å². The molecule has 1 aromatic heterocycles. The molecule has 1 aromatic carbocycles. The second-order valence-corrected chi connectivity index (χ2v) is 9.00. The summed E-state index contributed by atoms with van der Waals surface area (Å²) in [6, 6.07) is 13.7. The minimum atomic E-state index is -0.421. The molecule has 0 bridgehead atoms. The van der Waals surface area contributed by atoms with E-state index in [0.717, 1.165) is 22.5 Å². The molecule has 1 aliphatic carbocycles.